The van der Waals surface area contributed by atoms with Crippen molar-refractivity contribution in [2.75, 3.05) is 17.7 Å². The fraction of sp³-hybridized carbons (Fsp3) is 0.0714. The van der Waals surface area contributed by atoms with Crippen LogP contribution in [-0.2, 0) is 0 Å². The quantitative estimate of drug-likeness (QED) is 0.382. The molecule has 6 nitrogen and oxygen atoms in total. The van der Waals surface area contributed by atoms with Crippen LogP contribution in [0.4, 0.5) is 17.1 Å². The first-order valence-electron chi connectivity index (χ1n) is 6.26. The summed E-state index contributed by atoms with van der Waals surface area (Å²) in [4.78, 5) is 10.3. The summed E-state index contributed by atoms with van der Waals surface area (Å²) in [5.74, 6) is 0.332. The highest BCUT2D eigenvalue weighted by Gasteiger charge is 2.12. The van der Waals surface area contributed by atoms with Crippen molar-refractivity contribution >= 4 is 66.3 Å². The predicted octanol–water partition coefficient (Wildman–Crippen LogP) is 4.94. The molecule has 0 aliphatic heterocycles. The minimum atomic E-state index is -0.484. The number of non-ortho nitro benzene ring substituents is 1. The van der Waals surface area contributed by atoms with Gasteiger partial charge in [0, 0.05) is 15.0 Å². The number of methoxy groups -OCH3 is 1. The van der Waals surface area contributed by atoms with Gasteiger partial charge in [0.25, 0.3) is 5.69 Å². The Kier molecular flexibility index (Phi) is 5.91. The number of nitrogens with zero attached hydrogens (tertiary/aromatic N) is 1. The van der Waals surface area contributed by atoms with Gasteiger partial charge in [-0.2, -0.15) is 0 Å². The molecular formula is C14H11Br2N3O3S. The number of nitrogens with one attached hydrogen (secondary N) is 2. The maximum absolute atomic E-state index is 10.8. The molecule has 9 heteroatoms. The maximum Gasteiger partial charge on any atom is 0.273 e. The summed E-state index contributed by atoms with van der Waals surface area (Å²) >= 11 is 12.1. The first kappa shape index (κ1) is 17.6. The second kappa shape index (κ2) is 7.71. The Morgan fingerprint density at radius 2 is 1.83 bits per heavy atom. The van der Waals surface area contributed by atoms with E-state index in [0.29, 0.717) is 16.5 Å². The summed E-state index contributed by atoms with van der Waals surface area (Å²) in [6.07, 6.45) is 0. The molecule has 0 heterocycles. The normalized spacial score (nSPS) is 10.0. The highest BCUT2D eigenvalue weighted by molar-refractivity contribution is 9.11. The van der Waals surface area contributed by atoms with Crippen LogP contribution in [0.25, 0.3) is 0 Å². The van der Waals surface area contributed by atoms with Crippen molar-refractivity contribution in [3.05, 3.63) is 55.5 Å². The van der Waals surface area contributed by atoms with Crippen LogP contribution in [0.1, 0.15) is 0 Å². The first-order chi connectivity index (χ1) is 10.9. The fourth-order valence-electron chi connectivity index (χ4n) is 1.76. The largest absolute Gasteiger partial charge is 0.494 e. The highest BCUT2D eigenvalue weighted by Crippen LogP contribution is 2.30. The summed E-state index contributed by atoms with van der Waals surface area (Å²) in [5, 5.41) is 17.1. The number of hydrogen-bond acceptors (Lipinski definition) is 4. The van der Waals surface area contributed by atoms with E-state index in [-0.39, 0.29) is 5.69 Å². The number of halogens is 2. The SMILES string of the molecule is COc1cc([N+](=O)[O-])ccc1NC(=S)Nc1ccc(Br)cc1Br. The lowest BCUT2D eigenvalue weighted by Crippen LogP contribution is -2.19. The van der Waals surface area contributed by atoms with Gasteiger partial charge >= 0.3 is 0 Å². The highest BCUT2D eigenvalue weighted by atomic mass is 79.9. The molecule has 0 saturated carbocycles. The topological polar surface area (TPSA) is 76.4 Å². The molecule has 0 saturated heterocycles. The van der Waals surface area contributed by atoms with Gasteiger partial charge < -0.3 is 15.4 Å². The number of rotatable bonds is 4. The third kappa shape index (κ3) is 4.63. The van der Waals surface area contributed by atoms with Crippen molar-refractivity contribution in [3.8, 4) is 5.75 Å². The smallest absolute Gasteiger partial charge is 0.273 e. The molecule has 2 aromatic carbocycles. The van der Waals surface area contributed by atoms with E-state index in [0.717, 1.165) is 14.6 Å². The van der Waals surface area contributed by atoms with Gasteiger partial charge in [-0.05, 0) is 52.4 Å². The van der Waals surface area contributed by atoms with E-state index < -0.39 is 4.92 Å². The molecule has 0 bridgehead atoms. The van der Waals surface area contributed by atoms with Crippen LogP contribution in [-0.4, -0.2) is 17.1 Å². The van der Waals surface area contributed by atoms with Gasteiger partial charge in [-0.3, -0.25) is 10.1 Å². The summed E-state index contributed by atoms with van der Waals surface area (Å²) in [7, 11) is 1.44. The summed E-state index contributed by atoms with van der Waals surface area (Å²) in [5.41, 5.74) is 1.26. The van der Waals surface area contributed by atoms with E-state index in [9.17, 15) is 10.1 Å². The molecule has 0 aliphatic carbocycles. The number of hydrogen-bond donors (Lipinski definition) is 2. The predicted molar refractivity (Wildman–Crippen MR) is 101 cm³/mol. The monoisotopic (exact) mass is 459 g/mol. The van der Waals surface area contributed by atoms with Gasteiger partial charge in [0.2, 0.25) is 0 Å². The van der Waals surface area contributed by atoms with Crippen LogP contribution in [0.5, 0.6) is 5.75 Å². The van der Waals surface area contributed by atoms with Gasteiger partial charge in [0.15, 0.2) is 5.11 Å². The second-order valence-electron chi connectivity index (χ2n) is 4.34. The lowest BCUT2D eigenvalue weighted by Gasteiger charge is -2.14. The lowest BCUT2D eigenvalue weighted by molar-refractivity contribution is -0.384. The van der Waals surface area contributed by atoms with Gasteiger partial charge in [-0.15, -0.1) is 0 Å². The van der Waals surface area contributed by atoms with Crippen LogP contribution in [0, 0.1) is 10.1 Å². The Labute approximate surface area is 154 Å². The molecule has 23 heavy (non-hydrogen) atoms. The average Bonchev–Trinajstić information content (AvgIpc) is 2.50. The van der Waals surface area contributed by atoms with Crippen LogP contribution >= 0.6 is 44.1 Å². The van der Waals surface area contributed by atoms with Gasteiger partial charge in [-0.1, -0.05) is 15.9 Å². The molecule has 0 fully saturated rings. The van der Waals surface area contributed by atoms with E-state index in [2.05, 4.69) is 42.5 Å². The van der Waals surface area contributed by atoms with E-state index in [4.69, 9.17) is 17.0 Å². The third-order valence-electron chi connectivity index (χ3n) is 2.82. The van der Waals surface area contributed by atoms with E-state index in [1.54, 1.807) is 6.07 Å². The molecule has 0 radical (unpaired) electrons. The van der Waals surface area contributed by atoms with Crippen molar-refractivity contribution < 1.29 is 9.66 Å². The number of nitro benzene ring substituents is 1. The van der Waals surface area contributed by atoms with Crippen molar-refractivity contribution in [1.82, 2.24) is 0 Å². The standard InChI is InChI=1S/C14H11Br2N3O3S/c1-22-13-7-9(19(20)21)3-5-12(13)18-14(23)17-11-4-2-8(15)6-10(11)16/h2-7H,1H3,(H2,17,18,23). The Balaban J connectivity index is 2.15. The van der Waals surface area contributed by atoms with E-state index in [1.165, 1.54) is 19.2 Å². The van der Waals surface area contributed by atoms with Crippen molar-refractivity contribution in [2.24, 2.45) is 0 Å². The molecule has 0 aliphatic rings. The molecule has 2 rings (SSSR count). The number of ether oxygens (including phenoxy) is 1. The van der Waals surface area contributed by atoms with Gasteiger partial charge in [-0.25, -0.2) is 0 Å². The Morgan fingerprint density at radius 3 is 2.43 bits per heavy atom. The summed E-state index contributed by atoms with van der Waals surface area (Å²) in [6.45, 7) is 0. The molecule has 0 unspecified atom stereocenters. The van der Waals surface area contributed by atoms with Crippen molar-refractivity contribution in [1.29, 1.82) is 0 Å². The number of benzene rings is 2. The minimum absolute atomic E-state index is 0.0538. The molecule has 0 amide bonds. The summed E-state index contributed by atoms with van der Waals surface area (Å²) < 4.78 is 6.93. The number of nitro groups is 1. The average molecular weight is 461 g/mol. The molecule has 2 N–H and O–H groups in total. The van der Waals surface area contributed by atoms with Gasteiger partial charge in [0.05, 0.1) is 29.5 Å². The van der Waals surface area contributed by atoms with Gasteiger partial charge in [0.1, 0.15) is 5.75 Å². The zero-order valence-corrected chi connectivity index (χ0v) is 15.8. The molecule has 0 atom stereocenters. The third-order valence-corrected chi connectivity index (χ3v) is 4.18. The number of thiocarbonyl (C=S) groups is 1. The fourth-order valence-corrected chi connectivity index (χ4v) is 3.13. The van der Waals surface area contributed by atoms with E-state index >= 15 is 0 Å². The Bertz CT molecular complexity index is 771. The minimum Gasteiger partial charge on any atom is -0.494 e. The van der Waals surface area contributed by atoms with Crippen LogP contribution in [0.15, 0.2) is 45.3 Å². The lowest BCUT2D eigenvalue weighted by atomic mass is 10.2. The molecule has 120 valence electrons. The number of anilines is 2. The second-order valence-corrected chi connectivity index (χ2v) is 6.52. The zero-order chi connectivity index (χ0) is 17.0. The summed E-state index contributed by atoms with van der Waals surface area (Å²) in [6, 6.07) is 9.87. The first-order valence-corrected chi connectivity index (χ1v) is 8.25. The molecule has 0 spiro atoms. The molecule has 2 aromatic rings. The molecule has 0 aromatic heterocycles. The van der Waals surface area contributed by atoms with Crippen LogP contribution < -0.4 is 15.4 Å². The van der Waals surface area contributed by atoms with Crippen LogP contribution in [0.3, 0.4) is 0 Å². The van der Waals surface area contributed by atoms with E-state index in [1.807, 2.05) is 18.2 Å². The van der Waals surface area contributed by atoms with Crippen molar-refractivity contribution in [3.63, 3.8) is 0 Å². The zero-order valence-electron chi connectivity index (χ0n) is 11.8. The van der Waals surface area contributed by atoms with Crippen molar-refractivity contribution in [2.45, 2.75) is 0 Å². The van der Waals surface area contributed by atoms with Crippen LogP contribution in [0.2, 0.25) is 0 Å². The Morgan fingerprint density at radius 1 is 1.17 bits per heavy atom. The Hall–Kier alpha value is -1.71. The molecular weight excluding hydrogens is 450 g/mol. The maximum atomic E-state index is 10.8.